The van der Waals surface area contributed by atoms with E-state index < -0.39 is 0 Å². The van der Waals surface area contributed by atoms with Crippen LogP contribution >= 0.6 is 0 Å². The van der Waals surface area contributed by atoms with Gasteiger partial charge in [-0.2, -0.15) is 5.10 Å². The minimum absolute atomic E-state index is 0.128. The lowest BCUT2D eigenvalue weighted by Crippen LogP contribution is -2.27. The Morgan fingerprint density at radius 2 is 2.06 bits per heavy atom. The molecule has 0 spiro atoms. The summed E-state index contributed by atoms with van der Waals surface area (Å²) in [5.41, 5.74) is 1.30. The molecule has 2 heterocycles. The molecule has 1 aromatic heterocycles. The fourth-order valence-corrected chi connectivity index (χ4v) is 1.83. The Morgan fingerprint density at radius 3 is 2.62 bits per heavy atom. The van der Waals surface area contributed by atoms with Gasteiger partial charge in [0, 0.05) is 36.4 Å². The zero-order chi connectivity index (χ0) is 11.6. The van der Waals surface area contributed by atoms with Crippen LogP contribution in [-0.4, -0.2) is 29.5 Å². The summed E-state index contributed by atoms with van der Waals surface area (Å²) in [5.74, 6) is 0.955. The number of anilines is 1. The highest BCUT2D eigenvalue weighted by Gasteiger charge is 2.18. The van der Waals surface area contributed by atoms with E-state index in [4.69, 9.17) is 4.74 Å². The van der Waals surface area contributed by atoms with E-state index in [1.807, 2.05) is 0 Å². The minimum Gasteiger partial charge on any atom is -0.381 e. The summed E-state index contributed by atoms with van der Waals surface area (Å²) >= 11 is 0. The van der Waals surface area contributed by atoms with E-state index in [-0.39, 0.29) is 5.41 Å². The molecule has 1 aromatic rings. The third-order valence-corrected chi connectivity index (χ3v) is 2.96. The smallest absolute Gasteiger partial charge is 0.148 e. The monoisotopic (exact) mass is 223 g/mol. The maximum absolute atomic E-state index is 5.33. The first kappa shape index (κ1) is 11.5. The average Bonchev–Trinajstić information content (AvgIpc) is 2.67. The first-order chi connectivity index (χ1) is 7.55. The first-order valence-corrected chi connectivity index (χ1v) is 5.96. The van der Waals surface area contributed by atoms with Crippen LogP contribution in [0.25, 0.3) is 0 Å². The summed E-state index contributed by atoms with van der Waals surface area (Å²) in [6.45, 7) is 8.25. The van der Waals surface area contributed by atoms with Crippen molar-refractivity contribution in [1.29, 1.82) is 0 Å². The van der Waals surface area contributed by atoms with Gasteiger partial charge >= 0.3 is 0 Å². The molecule has 2 N–H and O–H groups in total. The van der Waals surface area contributed by atoms with Crippen LogP contribution in [-0.2, 0) is 10.2 Å². The Labute approximate surface area is 96.8 Å². The van der Waals surface area contributed by atoms with Crippen molar-refractivity contribution in [2.45, 2.75) is 45.1 Å². The maximum atomic E-state index is 5.33. The molecule has 4 nitrogen and oxygen atoms in total. The van der Waals surface area contributed by atoms with Gasteiger partial charge in [0.25, 0.3) is 0 Å². The molecular formula is C12H21N3O. The van der Waals surface area contributed by atoms with Crippen molar-refractivity contribution in [3.8, 4) is 0 Å². The second kappa shape index (κ2) is 4.45. The molecule has 0 amide bonds. The largest absolute Gasteiger partial charge is 0.381 e. The highest BCUT2D eigenvalue weighted by Crippen LogP contribution is 2.23. The lowest BCUT2D eigenvalue weighted by Gasteiger charge is -2.22. The van der Waals surface area contributed by atoms with Crippen molar-refractivity contribution in [1.82, 2.24) is 10.2 Å². The SMILES string of the molecule is CC(C)(C)c1cc(NC2CCOCC2)n[nH]1. The predicted molar refractivity (Wildman–Crippen MR) is 64.8 cm³/mol. The molecule has 1 fully saturated rings. The van der Waals surface area contributed by atoms with E-state index >= 15 is 0 Å². The Hall–Kier alpha value is -1.03. The quantitative estimate of drug-likeness (QED) is 0.809. The van der Waals surface area contributed by atoms with E-state index in [2.05, 4.69) is 42.4 Å². The molecular weight excluding hydrogens is 202 g/mol. The van der Waals surface area contributed by atoms with Crippen molar-refractivity contribution in [2.24, 2.45) is 0 Å². The average molecular weight is 223 g/mol. The Bertz CT molecular complexity index is 334. The van der Waals surface area contributed by atoms with Gasteiger partial charge in [0.2, 0.25) is 0 Å². The van der Waals surface area contributed by atoms with Gasteiger partial charge in [-0.15, -0.1) is 0 Å². The van der Waals surface area contributed by atoms with Crippen LogP contribution in [0.2, 0.25) is 0 Å². The third kappa shape index (κ3) is 2.76. The fraction of sp³-hybridized carbons (Fsp3) is 0.750. The summed E-state index contributed by atoms with van der Waals surface area (Å²) < 4.78 is 5.33. The molecule has 1 aliphatic heterocycles. The highest BCUT2D eigenvalue weighted by atomic mass is 16.5. The van der Waals surface area contributed by atoms with E-state index in [0.29, 0.717) is 6.04 Å². The summed E-state index contributed by atoms with van der Waals surface area (Å²) in [5, 5.41) is 10.8. The van der Waals surface area contributed by atoms with Gasteiger partial charge in [0.15, 0.2) is 0 Å². The van der Waals surface area contributed by atoms with Crippen molar-refractivity contribution < 1.29 is 4.74 Å². The Balaban J connectivity index is 1.97. The molecule has 90 valence electrons. The van der Waals surface area contributed by atoms with Crippen LogP contribution in [0, 0.1) is 0 Å². The van der Waals surface area contributed by atoms with Gasteiger partial charge in [-0.3, -0.25) is 5.10 Å². The van der Waals surface area contributed by atoms with Gasteiger partial charge < -0.3 is 10.1 Å². The minimum atomic E-state index is 0.128. The molecule has 0 radical (unpaired) electrons. The van der Waals surface area contributed by atoms with E-state index in [1.165, 1.54) is 5.69 Å². The van der Waals surface area contributed by atoms with Crippen LogP contribution in [0.3, 0.4) is 0 Å². The van der Waals surface area contributed by atoms with E-state index in [0.717, 1.165) is 31.9 Å². The number of aromatic nitrogens is 2. The maximum Gasteiger partial charge on any atom is 0.148 e. The first-order valence-electron chi connectivity index (χ1n) is 5.96. The molecule has 1 aliphatic rings. The van der Waals surface area contributed by atoms with E-state index in [1.54, 1.807) is 0 Å². The number of hydrogen-bond acceptors (Lipinski definition) is 3. The molecule has 1 saturated heterocycles. The third-order valence-electron chi connectivity index (χ3n) is 2.96. The summed E-state index contributed by atoms with van der Waals surface area (Å²) in [4.78, 5) is 0. The number of aromatic amines is 1. The molecule has 0 unspecified atom stereocenters. The zero-order valence-electron chi connectivity index (χ0n) is 10.3. The number of nitrogens with zero attached hydrogens (tertiary/aromatic N) is 1. The van der Waals surface area contributed by atoms with Gasteiger partial charge in [-0.1, -0.05) is 20.8 Å². The Kier molecular flexibility index (Phi) is 3.19. The molecule has 0 aromatic carbocycles. The number of nitrogens with one attached hydrogen (secondary N) is 2. The van der Waals surface area contributed by atoms with Crippen LogP contribution < -0.4 is 5.32 Å². The molecule has 0 saturated carbocycles. The van der Waals surface area contributed by atoms with Crippen molar-refractivity contribution >= 4 is 5.82 Å². The molecule has 0 aliphatic carbocycles. The molecule has 0 atom stereocenters. The summed E-state index contributed by atoms with van der Waals surface area (Å²) in [6.07, 6.45) is 2.13. The van der Waals surface area contributed by atoms with E-state index in [9.17, 15) is 0 Å². The summed E-state index contributed by atoms with van der Waals surface area (Å²) in [6, 6.07) is 2.61. The summed E-state index contributed by atoms with van der Waals surface area (Å²) in [7, 11) is 0. The van der Waals surface area contributed by atoms with Crippen LogP contribution in [0.15, 0.2) is 6.07 Å². The van der Waals surface area contributed by atoms with Gasteiger partial charge in [0.05, 0.1) is 0 Å². The van der Waals surface area contributed by atoms with Crippen LogP contribution in [0.5, 0.6) is 0 Å². The normalized spacial score (nSPS) is 18.7. The zero-order valence-corrected chi connectivity index (χ0v) is 10.3. The second-order valence-electron chi connectivity index (χ2n) is 5.45. The number of rotatable bonds is 2. The lowest BCUT2D eigenvalue weighted by molar-refractivity contribution is 0.0904. The number of H-pyrrole nitrogens is 1. The molecule has 16 heavy (non-hydrogen) atoms. The van der Waals surface area contributed by atoms with Crippen LogP contribution in [0.1, 0.15) is 39.3 Å². The molecule has 4 heteroatoms. The van der Waals surface area contributed by atoms with Gasteiger partial charge in [-0.25, -0.2) is 0 Å². The predicted octanol–water partition coefficient (Wildman–Crippen LogP) is 2.30. The van der Waals surface area contributed by atoms with Crippen molar-refractivity contribution in [2.75, 3.05) is 18.5 Å². The van der Waals surface area contributed by atoms with Crippen LogP contribution in [0.4, 0.5) is 5.82 Å². The second-order valence-corrected chi connectivity index (χ2v) is 5.45. The standard InChI is InChI=1S/C12H21N3O/c1-12(2,3)10-8-11(15-14-10)13-9-4-6-16-7-5-9/h8-9H,4-7H2,1-3H3,(H2,13,14,15). The lowest BCUT2D eigenvalue weighted by atomic mass is 9.92. The fourth-order valence-electron chi connectivity index (χ4n) is 1.83. The molecule has 2 rings (SSSR count). The van der Waals surface area contributed by atoms with Gasteiger partial charge in [0.1, 0.15) is 5.82 Å². The number of ether oxygens (including phenoxy) is 1. The topological polar surface area (TPSA) is 49.9 Å². The Morgan fingerprint density at radius 1 is 1.38 bits per heavy atom. The highest BCUT2D eigenvalue weighted by molar-refractivity contribution is 5.38. The number of hydrogen-bond donors (Lipinski definition) is 2. The van der Waals surface area contributed by atoms with Gasteiger partial charge in [-0.05, 0) is 12.8 Å². The molecule has 0 bridgehead atoms. The van der Waals surface area contributed by atoms with Crippen molar-refractivity contribution in [3.63, 3.8) is 0 Å². The van der Waals surface area contributed by atoms with Crippen molar-refractivity contribution in [3.05, 3.63) is 11.8 Å².